The number of nitrogens with zero attached hydrogens (tertiary/aromatic N) is 4. The van der Waals surface area contributed by atoms with E-state index in [1.165, 1.54) is 0 Å². The second kappa shape index (κ2) is 10.2. The number of likely N-dealkylation sites (N-methyl/N-ethyl adjacent to an activating group) is 1. The molecule has 4 rings (SSSR count). The Balaban J connectivity index is 1.73. The molecular formula is C24H32N6O3. The molecule has 33 heavy (non-hydrogen) atoms. The Morgan fingerprint density at radius 2 is 1.94 bits per heavy atom. The Bertz CT molecular complexity index is 1010. The summed E-state index contributed by atoms with van der Waals surface area (Å²) >= 11 is 0. The van der Waals surface area contributed by atoms with Crippen molar-refractivity contribution in [3.8, 4) is 11.4 Å². The first kappa shape index (κ1) is 23.0. The van der Waals surface area contributed by atoms with Crippen LogP contribution in [0.2, 0.25) is 0 Å². The molecule has 0 aliphatic carbocycles. The zero-order valence-corrected chi connectivity index (χ0v) is 19.6. The topological polar surface area (TPSA) is 99.7 Å². The predicted octanol–water partition coefficient (Wildman–Crippen LogP) is 2.92. The molecule has 9 heteroatoms. The molecule has 2 aliphatic rings. The number of fused-ring (bicyclic) bond motifs is 1. The monoisotopic (exact) mass is 452 g/mol. The van der Waals surface area contributed by atoms with Crippen molar-refractivity contribution in [1.29, 1.82) is 0 Å². The van der Waals surface area contributed by atoms with Crippen LogP contribution in [0.5, 0.6) is 0 Å². The largest absolute Gasteiger partial charge is 0.377 e. The summed E-state index contributed by atoms with van der Waals surface area (Å²) in [5.41, 5.74) is 2.90. The highest BCUT2D eigenvalue weighted by atomic mass is 16.5. The molecule has 1 atom stereocenters. The molecule has 0 unspecified atom stereocenters. The molecule has 2 aliphatic heterocycles. The van der Waals surface area contributed by atoms with Crippen molar-refractivity contribution >= 4 is 23.4 Å². The van der Waals surface area contributed by atoms with E-state index in [0.29, 0.717) is 50.1 Å². The highest BCUT2D eigenvalue weighted by molar-refractivity contribution is 5.96. The fraction of sp³-hybridized carbons (Fsp3) is 0.500. The fourth-order valence-corrected chi connectivity index (χ4v) is 4.36. The number of hydrogen-bond acceptors (Lipinski definition) is 6. The lowest BCUT2D eigenvalue weighted by Crippen LogP contribution is -2.47. The first-order chi connectivity index (χ1) is 16.0. The molecule has 2 N–H and O–H groups in total. The zero-order chi connectivity index (χ0) is 23.4. The maximum absolute atomic E-state index is 13.2. The molecule has 0 radical (unpaired) electrons. The van der Waals surface area contributed by atoms with Crippen LogP contribution in [0.1, 0.15) is 43.2 Å². The van der Waals surface area contributed by atoms with Crippen molar-refractivity contribution in [3.63, 3.8) is 0 Å². The van der Waals surface area contributed by atoms with E-state index in [1.54, 1.807) is 0 Å². The van der Waals surface area contributed by atoms with Gasteiger partial charge in [0.25, 0.3) is 5.91 Å². The summed E-state index contributed by atoms with van der Waals surface area (Å²) < 4.78 is 5.70. The van der Waals surface area contributed by atoms with E-state index in [4.69, 9.17) is 14.7 Å². The Kier molecular flexibility index (Phi) is 7.08. The van der Waals surface area contributed by atoms with Crippen LogP contribution in [-0.4, -0.2) is 72.2 Å². The van der Waals surface area contributed by atoms with Crippen molar-refractivity contribution in [2.75, 3.05) is 49.6 Å². The lowest BCUT2D eigenvalue weighted by molar-refractivity contribution is 0.0741. The lowest BCUT2D eigenvalue weighted by Gasteiger charge is -2.38. The average molecular weight is 453 g/mol. The molecule has 176 valence electrons. The summed E-state index contributed by atoms with van der Waals surface area (Å²) in [6.07, 6.45) is 1.68. The number of amides is 3. The van der Waals surface area contributed by atoms with Gasteiger partial charge in [-0.05, 0) is 51.0 Å². The van der Waals surface area contributed by atoms with Crippen molar-refractivity contribution in [2.24, 2.45) is 0 Å². The summed E-state index contributed by atoms with van der Waals surface area (Å²) in [6.45, 7) is 9.92. The van der Waals surface area contributed by atoms with Crippen LogP contribution in [0, 0.1) is 0 Å². The number of carbonyl (C=O) groups excluding carboxylic acids is 2. The summed E-state index contributed by atoms with van der Waals surface area (Å²) in [5.74, 6) is 1.32. The average Bonchev–Trinajstić information content (AvgIpc) is 2.84. The quantitative estimate of drug-likeness (QED) is 0.699. The number of anilines is 2. The van der Waals surface area contributed by atoms with Crippen molar-refractivity contribution in [3.05, 3.63) is 35.5 Å². The van der Waals surface area contributed by atoms with Gasteiger partial charge in [0.05, 0.1) is 19.3 Å². The van der Waals surface area contributed by atoms with Crippen LogP contribution in [0.4, 0.5) is 16.3 Å². The number of urea groups is 1. The van der Waals surface area contributed by atoms with Crippen LogP contribution in [0.3, 0.4) is 0 Å². The standard InChI is InChI=1S/C24H32N6O3/c1-4-18-15-33-14-13-30(18)22-19-11-12-29(6-3)23(31)20(19)27-21(28-22)16-7-9-17(10-8-16)26-24(32)25-5-2/h7-10,18H,4-6,11-15H2,1-3H3,(H2,25,26,32)/t18-/m0/s1. The molecule has 1 fully saturated rings. The van der Waals surface area contributed by atoms with E-state index in [-0.39, 0.29) is 18.0 Å². The summed E-state index contributed by atoms with van der Waals surface area (Å²) in [6, 6.07) is 7.34. The van der Waals surface area contributed by atoms with E-state index in [9.17, 15) is 9.59 Å². The van der Waals surface area contributed by atoms with Crippen LogP contribution >= 0.6 is 0 Å². The Morgan fingerprint density at radius 1 is 1.15 bits per heavy atom. The fourth-order valence-electron chi connectivity index (χ4n) is 4.36. The molecule has 1 saturated heterocycles. The number of hydrogen-bond donors (Lipinski definition) is 2. The zero-order valence-electron chi connectivity index (χ0n) is 19.6. The third-order valence-corrected chi connectivity index (χ3v) is 6.20. The Labute approximate surface area is 194 Å². The van der Waals surface area contributed by atoms with Crippen LogP contribution in [0.25, 0.3) is 11.4 Å². The van der Waals surface area contributed by atoms with Gasteiger partial charge in [-0.2, -0.15) is 0 Å². The SMILES string of the molecule is CCNC(=O)Nc1ccc(-c2nc3c(c(N4CCOC[C@@H]4CC)n2)CCN(CC)C3=O)cc1. The van der Waals surface area contributed by atoms with Gasteiger partial charge in [-0.3, -0.25) is 4.79 Å². The molecular weight excluding hydrogens is 420 g/mol. The van der Waals surface area contributed by atoms with Crippen molar-refractivity contribution < 1.29 is 14.3 Å². The molecule has 0 saturated carbocycles. The number of aromatic nitrogens is 2. The Morgan fingerprint density at radius 3 is 2.64 bits per heavy atom. The van der Waals surface area contributed by atoms with Gasteiger partial charge in [0.1, 0.15) is 11.5 Å². The summed E-state index contributed by atoms with van der Waals surface area (Å²) in [7, 11) is 0. The van der Waals surface area contributed by atoms with Gasteiger partial charge in [-0.15, -0.1) is 0 Å². The molecule has 1 aromatic carbocycles. The molecule has 1 aromatic heterocycles. The second-order valence-corrected chi connectivity index (χ2v) is 8.22. The number of rotatable bonds is 6. The third-order valence-electron chi connectivity index (χ3n) is 6.20. The van der Waals surface area contributed by atoms with Gasteiger partial charge in [-0.25, -0.2) is 14.8 Å². The van der Waals surface area contributed by atoms with E-state index in [2.05, 4.69) is 22.5 Å². The van der Waals surface area contributed by atoms with E-state index in [1.807, 2.05) is 43.0 Å². The number of carbonyl (C=O) groups is 2. The first-order valence-electron chi connectivity index (χ1n) is 11.8. The molecule has 0 spiro atoms. The van der Waals surface area contributed by atoms with Gasteiger partial charge in [0, 0.05) is 43.0 Å². The highest BCUT2D eigenvalue weighted by Crippen LogP contribution is 2.32. The smallest absolute Gasteiger partial charge is 0.319 e. The number of benzene rings is 1. The van der Waals surface area contributed by atoms with Crippen molar-refractivity contribution in [1.82, 2.24) is 20.2 Å². The van der Waals surface area contributed by atoms with Crippen LogP contribution in [-0.2, 0) is 11.2 Å². The number of ether oxygens (including phenoxy) is 1. The minimum absolute atomic E-state index is 0.0421. The summed E-state index contributed by atoms with van der Waals surface area (Å²) in [5, 5.41) is 5.50. The highest BCUT2D eigenvalue weighted by Gasteiger charge is 2.33. The maximum atomic E-state index is 13.2. The van der Waals surface area contributed by atoms with Crippen LogP contribution < -0.4 is 15.5 Å². The second-order valence-electron chi connectivity index (χ2n) is 8.22. The normalized spacial score (nSPS) is 18.2. The first-order valence-corrected chi connectivity index (χ1v) is 11.8. The predicted molar refractivity (Wildman–Crippen MR) is 128 cm³/mol. The maximum Gasteiger partial charge on any atom is 0.319 e. The van der Waals surface area contributed by atoms with E-state index >= 15 is 0 Å². The van der Waals surface area contributed by atoms with Gasteiger partial charge in [-0.1, -0.05) is 6.92 Å². The summed E-state index contributed by atoms with van der Waals surface area (Å²) in [4.78, 5) is 38.8. The lowest BCUT2D eigenvalue weighted by atomic mass is 10.0. The minimum atomic E-state index is -0.249. The van der Waals surface area contributed by atoms with Crippen LogP contribution in [0.15, 0.2) is 24.3 Å². The molecule has 0 bridgehead atoms. The van der Waals surface area contributed by atoms with E-state index in [0.717, 1.165) is 36.3 Å². The number of nitrogens with one attached hydrogen (secondary N) is 2. The molecule has 3 heterocycles. The molecule has 2 aromatic rings. The van der Waals surface area contributed by atoms with Gasteiger partial charge in [0.2, 0.25) is 0 Å². The molecule has 9 nitrogen and oxygen atoms in total. The third kappa shape index (κ3) is 4.78. The molecule has 3 amide bonds. The van der Waals surface area contributed by atoms with E-state index < -0.39 is 0 Å². The van der Waals surface area contributed by atoms with Crippen molar-refractivity contribution in [2.45, 2.75) is 39.7 Å². The minimum Gasteiger partial charge on any atom is -0.377 e. The van der Waals surface area contributed by atoms with Gasteiger partial charge in [0.15, 0.2) is 5.82 Å². The van der Waals surface area contributed by atoms with Gasteiger partial charge < -0.3 is 25.2 Å². The van der Waals surface area contributed by atoms with Gasteiger partial charge >= 0.3 is 6.03 Å². The Hall–Kier alpha value is -3.20. The number of morpholine rings is 1.